The Bertz CT molecular complexity index is 2270. The summed E-state index contributed by atoms with van der Waals surface area (Å²) in [6, 6.07) is 53.1. The quantitative estimate of drug-likeness (QED) is 0.122. The largest absolute Gasteiger partial charge is 1.00 e. The van der Waals surface area contributed by atoms with Crippen molar-refractivity contribution in [2.24, 2.45) is 0 Å². The van der Waals surface area contributed by atoms with Crippen molar-refractivity contribution in [2.45, 2.75) is 65.5 Å². The molecule has 0 fully saturated rings. The van der Waals surface area contributed by atoms with Crippen molar-refractivity contribution >= 4 is 48.6 Å². The zero-order valence-electron chi connectivity index (χ0n) is 31.6. The first-order chi connectivity index (χ1) is 23.8. The van der Waals surface area contributed by atoms with E-state index < -0.39 is 0 Å². The minimum Gasteiger partial charge on any atom is -1.00 e. The van der Waals surface area contributed by atoms with E-state index in [1.54, 1.807) is 0 Å². The van der Waals surface area contributed by atoms with Crippen molar-refractivity contribution in [2.75, 3.05) is 0 Å². The Morgan fingerprint density at radius 3 is 1.06 bits per heavy atom. The van der Waals surface area contributed by atoms with Gasteiger partial charge in [-0.2, -0.15) is 12.1 Å². The van der Waals surface area contributed by atoms with Crippen LogP contribution in [0.4, 0.5) is 0 Å². The molecule has 0 radical (unpaired) electrons. The third-order valence-electron chi connectivity index (χ3n) is 9.39. The molecule has 0 saturated heterocycles. The van der Waals surface area contributed by atoms with Gasteiger partial charge in [0.05, 0.1) is 0 Å². The van der Waals surface area contributed by atoms with Gasteiger partial charge in [-0.05, 0) is 43.5 Å². The Labute approximate surface area is 338 Å². The van der Waals surface area contributed by atoms with Crippen molar-refractivity contribution in [3.63, 3.8) is 0 Å². The average molecular weight is 902 g/mol. The summed E-state index contributed by atoms with van der Waals surface area (Å²) in [5.74, 6) is 0. The topological polar surface area (TPSA) is 0 Å². The molecular formula is C48H48Cl2HfSi-2. The molecule has 0 aliphatic rings. The van der Waals surface area contributed by atoms with E-state index in [0.717, 1.165) is 0 Å². The summed E-state index contributed by atoms with van der Waals surface area (Å²) in [5, 5.41) is 10.6. The molecule has 0 spiro atoms. The molecule has 0 amide bonds. The Morgan fingerprint density at radius 2 is 0.712 bits per heavy atom. The predicted octanol–water partition coefficient (Wildman–Crippen LogP) is 8.15. The second-order valence-corrected chi connectivity index (χ2v) is 28.4. The molecule has 0 aliphatic heterocycles. The number of fused-ring (bicyclic) bond motifs is 4. The van der Waals surface area contributed by atoms with Crippen molar-refractivity contribution in [3.05, 3.63) is 157 Å². The monoisotopic (exact) mass is 902 g/mol. The maximum Gasteiger partial charge on any atom is -1.00 e. The molecule has 0 unspecified atom stereocenters. The summed E-state index contributed by atoms with van der Waals surface area (Å²) < 4.78 is 0. The van der Waals surface area contributed by atoms with Crippen LogP contribution < -0.4 is 24.8 Å². The van der Waals surface area contributed by atoms with Gasteiger partial charge in [0.2, 0.25) is 0 Å². The molecule has 8 aromatic carbocycles. The average Bonchev–Trinajstić information content (AvgIpc) is 3.74. The van der Waals surface area contributed by atoms with Gasteiger partial charge in [0.15, 0.2) is 0 Å². The van der Waals surface area contributed by atoms with Gasteiger partial charge in [0, 0.05) is 0 Å². The molecule has 52 heavy (non-hydrogen) atoms. The SMILES string of the molecule is CC(C)(C)c1cc2c(-c3cccc4ccccc34)cccc2[cH-]1.CC(C)(C)c1cc2c(-c3cccc4ccccc34)cccc2[cH-]1.C[Si](C)=[Hf+2].[Cl-].[Cl-]. The van der Waals surface area contributed by atoms with E-state index >= 15 is 0 Å². The number of rotatable bonds is 2. The third-order valence-corrected chi connectivity index (χ3v) is 9.39. The zero-order chi connectivity index (χ0) is 35.6. The molecule has 0 bridgehead atoms. The van der Waals surface area contributed by atoms with Gasteiger partial charge in [-0.25, -0.2) is 0 Å². The van der Waals surface area contributed by atoms with Gasteiger partial charge >= 0.3 is 41.6 Å². The van der Waals surface area contributed by atoms with Crippen molar-refractivity contribution < 1.29 is 47.8 Å². The summed E-state index contributed by atoms with van der Waals surface area (Å²) in [4.78, 5) is 0. The van der Waals surface area contributed by atoms with Crippen LogP contribution in [0.3, 0.4) is 0 Å². The molecule has 264 valence electrons. The van der Waals surface area contributed by atoms with Crippen molar-refractivity contribution in [1.82, 2.24) is 0 Å². The van der Waals surface area contributed by atoms with Gasteiger partial charge in [-0.3, -0.25) is 0 Å². The Morgan fingerprint density at radius 1 is 0.423 bits per heavy atom. The van der Waals surface area contributed by atoms with Crippen LogP contribution in [0.2, 0.25) is 13.1 Å². The number of hydrogen-bond donors (Lipinski definition) is 0. The van der Waals surface area contributed by atoms with Crippen LogP contribution in [-0.4, -0.2) is 5.49 Å². The minimum atomic E-state index is 0. The van der Waals surface area contributed by atoms with Crippen molar-refractivity contribution in [3.8, 4) is 22.3 Å². The summed E-state index contributed by atoms with van der Waals surface area (Å²) >= 11 is 1.45. The number of benzene rings is 6. The Hall–Kier alpha value is -3.27. The van der Waals surface area contributed by atoms with E-state index in [1.807, 2.05) is 0 Å². The standard InChI is InChI=1S/2C23H21.C2H6Si.2ClH.Hf/c2*1-23(2,3)18-14-17-10-7-13-21(22(17)15-18)20-12-6-9-16-8-4-5-11-19(16)20;1-3-2;;;/h2*4-15H,1-3H3;1-2H3;2*1H;/q2*-1;;;;+2/p-2. The first-order valence-electron chi connectivity index (χ1n) is 17.7. The normalized spacial score (nSPS) is 11.3. The van der Waals surface area contributed by atoms with Gasteiger partial charge in [-0.15, -0.1) is 69.1 Å². The molecule has 4 heteroatoms. The van der Waals surface area contributed by atoms with Crippen molar-refractivity contribution in [1.29, 1.82) is 0 Å². The molecule has 0 nitrogen and oxygen atoms in total. The van der Waals surface area contributed by atoms with Crippen LogP contribution in [-0.2, 0) is 33.8 Å². The van der Waals surface area contributed by atoms with Gasteiger partial charge in [-0.1, -0.05) is 150 Å². The van der Waals surface area contributed by atoms with Crippen LogP contribution in [0, 0.1) is 0 Å². The molecule has 0 atom stereocenters. The van der Waals surface area contributed by atoms with E-state index in [2.05, 4.69) is 200 Å². The maximum absolute atomic E-state index is 2.37. The van der Waals surface area contributed by atoms with E-state index in [4.69, 9.17) is 0 Å². The smallest absolute Gasteiger partial charge is 1.00 e. The second kappa shape index (κ2) is 17.2. The van der Waals surface area contributed by atoms with Crippen LogP contribution in [0.1, 0.15) is 52.7 Å². The van der Waals surface area contributed by atoms with Gasteiger partial charge in [0.1, 0.15) is 0 Å². The van der Waals surface area contributed by atoms with E-state index in [9.17, 15) is 0 Å². The van der Waals surface area contributed by atoms with Crippen LogP contribution in [0.25, 0.3) is 65.3 Å². The summed E-state index contributed by atoms with van der Waals surface area (Å²) in [6.07, 6.45) is 0. The molecule has 0 aromatic heterocycles. The molecular weight excluding hydrogens is 854 g/mol. The minimum absolute atomic E-state index is 0. The fraction of sp³-hybridized carbons (Fsp3) is 0.208. The summed E-state index contributed by atoms with van der Waals surface area (Å²) in [5.41, 5.74) is 8.71. The molecule has 0 N–H and O–H groups in total. The fourth-order valence-corrected chi connectivity index (χ4v) is 6.73. The van der Waals surface area contributed by atoms with E-state index in [-0.39, 0.29) is 41.1 Å². The first-order valence-corrected chi connectivity index (χ1v) is 25.6. The predicted molar refractivity (Wildman–Crippen MR) is 220 cm³/mol. The third kappa shape index (κ3) is 9.26. The van der Waals surface area contributed by atoms with Crippen LogP contribution >= 0.6 is 0 Å². The zero-order valence-corrected chi connectivity index (χ0v) is 37.7. The van der Waals surface area contributed by atoms with Crippen LogP contribution in [0.5, 0.6) is 0 Å². The van der Waals surface area contributed by atoms with Gasteiger partial charge < -0.3 is 24.8 Å². The van der Waals surface area contributed by atoms with Gasteiger partial charge in [0.25, 0.3) is 0 Å². The summed E-state index contributed by atoms with van der Waals surface area (Å²) in [6.45, 7) is 18.3. The molecule has 0 saturated carbocycles. The maximum atomic E-state index is 2.37. The molecule has 8 aromatic rings. The Kier molecular flexibility index (Phi) is 13.8. The molecule has 8 rings (SSSR count). The molecule has 0 heterocycles. The second-order valence-electron chi connectivity index (χ2n) is 15.7. The number of hydrogen-bond acceptors (Lipinski definition) is 0. The fourth-order valence-electron chi connectivity index (χ4n) is 6.73. The molecule has 0 aliphatic carbocycles. The Balaban J connectivity index is 0.000000204. The summed E-state index contributed by atoms with van der Waals surface area (Å²) in [7, 11) is 0. The van der Waals surface area contributed by atoms with E-state index in [0.29, 0.717) is 0 Å². The van der Waals surface area contributed by atoms with E-state index in [1.165, 1.54) is 99.5 Å². The number of halogens is 2. The van der Waals surface area contributed by atoms with Crippen LogP contribution in [0.15, 0.2) is 146 Å². The first kappa shape index (κ1) is 41.5.